The maximum absolute atomic E-state index is 12.5. The standard InChI is InChI=1S/C22H27N3O/c1-2-21(26)25-15-20-6-4-3-5-19(20)13-22(17-25)9-12-24(16-22)14-18-7-10-23-11-8-18/h3-8,10-11H,2,9,12-17H2,1H3. The zero-order valence-electron chi connectivity index (χ0n) is 15.5. The van der Waals surface area contributed by atoms with Crippen LogP contribution in [0.15, 0.2) is 48.8 Å². The molecule has 2 aliphatic heterocycles. The summed E-state index contributed by atoms with van der Waals surface area (Å²) in [5.74, 6) is 0.272. The fourth-order valence-electron chi connectivity index (χ4n) is 4.59. The van der Waals surface area contributed by atoms with Crippen LogP contribution in [-0.2, 0) is 24.3 Å². The molecule has 3 heterocycles. The van der Waals surface area contributed by atoms with E-state index >= 15 is 0 Å². The first-order valence-electron chi connectivity index (χ1n) is 9.63. The second-order valence-corrected chi connectivity index (χ2v) is 7.86. The third kappa shape index (κ3) is 3.51. The van der Waals surface area contributed by atoms with Gasteiger partial charge in [0.05, 0.1) is 0 Å². The Balaban J connectivity index is 1.57. The monoisotopic (exact) mass is 349 g/mol. The lowest BCUT2D eigenvalue weighted by Crippen LogP contribution is -2.41. The number of carbonyl (C=O) groups excluding carboxylic acids is 1. The van der Waals surface area contributed by atoms with Crippen LogP contribution in [0.3, 0.4) is 0 Å². The summed E-state index contributed by atoms with van der Waals surface area (Å²) < 4.78 is 0. The van der Waals surface area contributed by atoms with Crippen molar-refractivity contribution in [3.63, 3.8) is 0 Å². The minimum Gasteiger partial charge on any atom is -0.338 e. The molecule has 136 valence electrons. The van der Waals surface area contributed by atoms with Gasteiger partial charge in [0.25, 0.3) is 0 Å². The summed E-state index contributed by atoms with van der Waals surface area (Å²) in [6, 6.07) is 12.9. The number of likely N-dealkylation sites (tertiary alicyclic amines) is 1. The smallest absolute Gasteiger partial charge is 0.222 e. The van der Waals surface area contributed by atoms with Gasteiger partial charge in [-0.2, -0.15) is 0 Å². The molecule has 2 aromatic rings. The SMILES string of the molecule is CCC(=O)N1Cc2ccccc2CC2(CCN(Cc3ccncc3)C2)C1. The molecule has 4 heteroatoms. The van der Waals surface area contributed by atoms with Gasteiger partial charge in [-0.1, -0.05) is 31.2 Å². The lowest BCUT2D eigenvalue weighted by Gasteiger charge is -2.33. The molecule has 1 spiro atoms. The highest BCUT2D eigenvalue weighted by Crippen LogP contribution is 2.39. The highest BCUT2D eigenvalue weighted by Gasteiger charge is 2.42. The molecule has 1 aromatic heterocycles. The van der Waals surface area contributed by atoms with Gasteiger partial charge in [-0.05, 0) is 48.2 Å². The second kappa shape index (κ2) is 7.20. The minimum absolute atomic E-state index is 0.171. The summed E-state index contributed by atoms with van der Waals surface area (Å²) in [6.07, 6.45) is 6.54. The molecule has 0 aliphatic carbocycles. The van der Waals surface area contributed by atoms with Crippen LogP contribution in [0.5, 0.6) is 0 Å². The molecule has 1 amide bonds. The Morgan fingerprint density at radius 3 is 2.65 bits per heavy atom. The summed E-state index contributed by atoms with van der Waals surface area (Å²) >= 11 is 0. The number of hydrogen-bond donors (Lipinski definition) is 0. The molecular weight excluding hydrogens is 322 g/mol. The van der Waals surface area contributed by atoms with E-state index in [1.807, 2.05) is 19.3 Å². The van der Waals surface area contributed by atoms with Crippen LogP contribution in [0.25, 0.3) is 0 Å². The summed E-state index contributed by atoms with van der Waals surface area (Å²) in [5, 5.41) is 0. The molecule has 4 nitrogen and oxygen atoms in total. The first-order valence-corrected chi connectivity index (χ1v) is 9.63. The zero-order valence-corrected chi connectivity index (χ0v) is 15.5. The molecule has 2 aliphatic rings. The number of fused-ring (bicyclic) bond motifs is 1. The quantitative estimate of drug-likeness (QED) is 0.853. The topological polar surface area (TPSA) is 36.4 Å². The number of carbonyl (C=O) groups is 1. The first kappa shape index (κ1) is 17.2. The van der Waals surface area contributed by atoms with Gasteiger partial charge < -0.3 is 4.90 Å². The predicted octanol–water partition coefficient (Wildman–Crippen LogP) is 3.27. The van der Waals surface area contributed by atoms with Crippen molar-refractivity contribution in [1.29, 1.82) is 0 Å². The Bertz CT molecular complexity index is 776. The van der Waals surface area contributed by atoms with E-state index in [0.717, 1.165) is 45.6 Å². The van der Waals surface area contributed by atoms with Gasteiger partial charge in [0.2, 0.25) is 5.91 Å². The molecular formula is C22H27N3O. The van der Waals surface area contributed by atoms with E-state index in [4.69, 9.17) is 0 Å². The van der Waals surface area contributed by atoms with Crippen LogP contribution in [-0.4, -0.2) is 40.3 Å². The fraction of sp³-hybridized carbons (Fsp3) is 0.455. The van der Waals surface area contributed by atoms with E-state index in [9.17, 15) is 4.79 Å². The average Bonchev–Trinajstić information content (AvgIpc) is 2.96. The van der Waals surface area contributed by atoms with Gasteiger partial charge in [0.15, 0.2) is 0 Å². The number of amides is 1. The van der Waals surface area contributed by atoms with Gasteiger partial charge in [-0.3, -0.25) is 14.7 Å². The van der Waals surface area contributed by atoms with E-state index in [0.29, 0.717) is 6.42 Å². The van der Waals surface area contributed by atoms with E-state index in [1.165, 1.54) is 16.7 Å². The van der Waals surface area contributed by atoms with Crippen LogP contribution in [0.1, 0.15) is 36.5 Å². The van der Waals surface area contributed by atoms with Crippen molar-refractivity contribution in [3.05, 3.63) is 65.5 Å². The minimum atomic E-state index is 0.171. The van der Waals surface area contributed by atoms with Crippen molar-refractivity contribution in [1.82, 2.24) is 14.8 Å². The Morgan fingerprint density at radius 1 is 1.12 bits per heavy atom. The highest BCUT2D eigenvalue weighted by atomic mass is 16.2. The average molecular weight is 349 g/mol. The molecule has 26 heavy (non-hydrogen) atoms. The molecule has 0 radical (unpaired) electrons. The van der Waals surface area contributed by atoms with Gasteiger partial charge in [0.1, 0.15) is 0 Å². The lowest BCUT2D eigenvalue weighted by molar-refractivity contribution is -0.132. The second-order valence-electron chi connectivity index (χ2n) is 7.86. The van der Waals surface area contributed by atoms with E-state index in [1.54, 1.807) is 0 Å². The Hall–Kier alpha value is -2.20. The highest BCUT2D eigenvalue weighted by molar-refractivity contribution is 5.76. The van der Waals surface area contributed by atoms with Crippen molar-refractivity contribution in [2.45, 2.75) is 39.3 Å². The van der Waals surface area contributed by atoms with Crippen LogP contribution in [0.2, 0.25) is 0 Å². The molecule has 1 unspecified atom stereocenters. The van der Waals surface area contributed by atoms with E-state index in [-0.39, 0.29) is 11.3 Å². The first-order chi connectivity index (χ1) is 12.7. The van der Waals surface area contributed by atoms with E-state index < -0.39 is 0 Å². The van der Waals surface area contributed by atoms with Crippen LogP contribution in [0, 0.1) is 5.41 Å². The van der Waals surface area contributed by atoms with Crippen LogP contribution < -0.4 is 0 Å². The summed E-state index contributed by atoms with van der Waals surface area (Å²) in [5.41, 5.74) is 4.22. The largest absolute Gasteiger partial charge is 0.338 e. The van der Waals surface area contributed by atoms with Gasteiger partial charge in [0, 0.05) is 50.4 Å². The number of nitrogens with zero attached hydrogens (tertiary/aromatic N) is 3. The van der Waals surface area contributed by atoms with Crippen molar-refractivity contribution in [2.75, 3.05) is 19.6 Å². The number of hydrogen-bond acceptors (Lipinski definition) is 3. The molecule has 1 atom stereocenters. The summed E-state index contributed by atoms with van der Waals surface area (Å²) in [4.78, 5) is 21.3. The van der Waals surface area contributed by atoms with Crippen molar-refractivity contribution >= 4 is 5.91 Å². The van der Waals surface area contributed by atoms with Crippen molar-refractivity contribution in [2.24, 2.45) is 5.41 Å². The van der Waals surface area contributed by atoms with Gasteiger partial charge in [-0.15, -0.1) is 0 Å². The Kier molecular flexibility index (Phi) is 4.77. The molecule has 1 fully saturated rings. The van der Waals surface area contributed by atoms with Gasteiger partial charge in [-0.25, -0.2) is 0 Å². The normalized spacial score (nSPS) is 23.0. The van der Waals surface area contributed by atoms with Crippen LogP contribution in [0.4, 0.5) is 0 Å². The maximum atomic E-state index is 12.5. The number of benzene rings is 1. The summed E-state index contributed by atoms with van der Waals surface area (Å²) in [6.45, 7) is 6.72. The Labute approximate surface area is 155 Å². The molecule has 1 saturated heterocycles. The third-order valence-corrected chi connectivity index (χ3v) is 5.90. The van der Waals surface area contributed by atoms with Crippen molar-refractivity contribution in [3.8, 4) is 0 Å². The molecule has 0 saturated carbocycles. The van der Waals surface area contributed by atoms with Crippen LogP contribution >= 0.6 is 0 Å². The van der Waals surface area contributed by atoms with Gasteiger partial charge >= 0.3 is 0 Å². The lowest BCUT2D eigenvalue weighted by atomic mass is 9.80. The third-order valence-electron chi connectivity index (χ3n) is 5.90. The fourth-order valence-corrected chi connectivity index (χ4v) is 4.59. The number of pyridine rings is 1. The number of aromatic nitrogens is 1. The zero-order chi connectivity index (χ0) is 18.0. The number of rotatable bonds is 3. The van der Waals surface area contributed by atoms with E-state index in [2.05, 4.69) is 51.2 Å². The predicted molar refractivity (Wildman–Crippen MR) is 102 cm³/mol. The molecule has 0 bridgehead atoms. The summed E-state index contributed by atoms with van der Waals surface area (Å²) in [7, 11) is 0. The molecule has 1 aromatic carbocycles. The molecule has 4 rings (SSSR count). The van der Waals surface area contributed by atoms with Crippen molar-refractivity contribution < 1.29 is 4.79 Å². The maximum Gasteiger partial charge on any atom is 0.222 e. The Morgan fingerprint density at radius 2 is 1.88 bits per heavy atom. The molecule has 0 N–H and O–H groups in total.